The summed E-state index contributed by atoms with van der Waals surface area (Å²) in [7, 11) is 0. The Morgan fingerprint density at radius 3 is 2.68 bits per heavy atom. The molecule has 0 spiro atoms. The van der Waals surface area contributed by atoms with Crippen molar-refractivity contribution < 1.29 is 27.4 Å². The van der Waals surface area contributed by atoms with Crippen LogP contribution in [-0.2, 0) is 9.53 Å². The van der Waals surface area contributed by atoms with Gasteiger partial charge in [0.05, 0.1) is 5.41 Å². The number of rotatable bonds is 5. The van der Waals surface area contributed by atoms with Crippen LogP contribution < -0.4 is 15.4 Å². The Hall–Kier alpha value is -1.96. The summed E-state index contributed by atoms with van der Waals surface area (Å²) in [5.74, 6) is -0.547. The normalized spacial score (nSPS) is 21.0. The lowest BCUT2D eigenvalue weighted by molar-refractivity contribution is -0.274. The number of halogens is 3. The fraction of sp³-hybridized carbons (Fsp3) is 0.588. The van der Waals surface area contributed by atoms with Crippen molar-refractivity contribution in [2.75, 3.05) is 18.4 Å². The number of carbonyl (C=O) groups excluding carboxylic acids is 1. The monoisotopic (exact) mass is 360 g/mol. The Bertz CT molecular complexity index is 600. The number of ether oxygens (including phenoxy) is 2. The van der Waals surface area contributed by atoms with Gasteiger partial charge in [0.25, 0.3) is 0 Å². The lowest BCUT2D eigenvalue weighted by Crippen LogP contribution is -2.38. The number of hydrogen-bond donors (Lipinski definition) is 2. The highest BCUT2D eigenvalue weighted by atomic mass is 19.4. The van der Waals surface area contributed by atoms with Crippen molar-refractivity contribution >= 4 is 11.7 Å². The predicted octanol–water partition coefficient (Wildman–Crippen LogP) is 3.52. The highest BCUT2D eigenvalue weighted by Crippen LogP contribution is 2.26. The van der Waals surface area contributed by atoms with Crippen molar-refractivity contribution in [2.45, 2.75) is 39.8 Å². The first-order valence-corrected chi connectivity index (χ1v) is 8.09. The van der Waals surface area contributed by atoms with Crippen LogP contribution in [0.3, 0.4) is 0 Å². The predicted molar refractivity (Wildman–Crippen MR) is 87.1 cm³/mol. The van der Waals surface area contributed by atoms with Gasteiger partial charge in [0.2, 0.25) is 0 Å². The first kappa shape index (κ1) is 19.4. The van der Waals surface area contributed by atoms with Gasteiger partial charge in [0.1, 0.15) is 5.75 Å². The lowest BCUT2D eigenvalue weighted by atomic mass is 9.97. The van der Waals surface area contributed by atoms with Crippen LogP contribution in [0.1, 0.15) is 27.2 Å². The van der Waals surface area contributed by atoms with Crippen LogP contribution in [0.15, 0.2) is 24.3 Å². The molecule has 2 N–H and O–H groups in total. The molecule has 0 bridgehead atoms. The molecule has 5 nitrogen and oxygen atoms in total. The number of anilines is 1. The smallest absolute Gasteiger partial charge is 0.446 e. The van der Waals surface area contributed by atoms with Crippen LogP contribution in [0, 0.1) is 11.3 Å². The van der Waals surface area contributed by atoms with Gasteiger partial charge in [-0.15, -0.1) is 13.2 Å². The van der Waals surface area contributed by atoms with Crippen LogP contribution in [-0.4, -0.2) is 31.6 Å². The summed E-state index contributed by atoms with van der Waals surface area (Å²) in [5, 5.41) is 6.21. The lowest BCUT2D eigenvalue weighted by Gasteiger charge is -2.25. The van der Waals surface area contributed by atoms with Gasteiger partial charge in [-0.25, -0.2) is 0 Å². The molecule has 0 amide bonds. The molecule has 1 fully saturated rings. The van der Waals surface area contributed by atoms with Crippen molar-refractivity contribution in [1.29, 1.82) is 0 Å². The first-order chi connectivity index (χ1) is 11.5. The molecule has 0 radical (unpaired) electrons. The van der Waals surface area contributed by atoms with E-state index in [-0.39, 0.29) is 17.6 Å². The fourth-order valence-corrected chi connectivity index (χ4v) is 2.42. The molecular weight excluding hydrogens is 337 g/mol. The third-order valence-corrected chi connectivity index (χ3v) is 3.77. The Morgan fingerprint density at radius 1 is 1.32 bits per heavy atom. The molecule has 0 aromatic heterocycles. The Kier molecular flexibility index (Phi) is 5.82. The molecule has 0 saturated carbocycles. The van der Waals surface area contributed by atoms with Gasteiger partial charge in [-0.1, -0.05) is 6.07 Å². The Morgan fingerprint density at radius 2 is 2.04 bits per heavy atom. The van der Waals surface area contributed by atoms with Gasteiger partial charge in [-0.05, 0) is 45.9 Å². The summed E-state index contributed by atoms with van der Waals surface area (Å²) in [5.41, 5.74) is -0.0829. The Balaban J connectivity index is 1.92. The number of benzene rings is 1. The second kappa shape index (κ2) is 7.51. The molecular formula is C17H23F3N2O3. The van der Waals surface area contributed by atoms with Gasteiger partial charge in [-0.3, -0.25) is 10.1 Å². The number of hydrogen-bond acceptors (Lipinski definition) is 5. The maximum absolute atomic E-state index is 12.3. The van der Waals surface area contributed by atoms with Crippen LogP contribution >= 0.6 is 0 Å². The molecule has 1 aromatic rings. The zero-order chi connectivity index (χ0) is 18.7. The van der Waals surface area contributed by atoms with E-state index in [1.807, 2.05) is 0 Å². The van der Waals surface area contributed by atoms with Crippen molar-refractivity contribution in [3.8, 4) is 5.75 Å². The van der Waals surface area contributed by atoms with Crippen LogP contribution in [0.2, 0.25) is 0 Å². The van der Waals surface area contributed by atoms with Gasteiger partial charge in [0, 0.05) is 24.2 Å². The summed E-state index contributed by atoms with van der Waals surface area (Å²) in [6.07, 6.45) is -4.33. The summed E-state index contributed by atoms with van der Waals surface area (Å²) in [6, 6.07) is 5.66. The molecule has 1 heterocycles. The molecule has 1 saturated heterocycles. The summed E-state index contributed by atoms with van der Waals surface area (Å²) in [6.45, 7) is 6.52. The zero-order valence-corrected chi connectivity index (χ0v) is 14.4. The van der Waals surface area contributed by atoms with Crippen LogP contribution in [0.25, 0.3) is 0 Å². The van der Waals surface area contributed by atoms with Crippen molar-refractivity contribution in [3.05, 3.63) is 24.3 Å². The maximum atomic E-state index is 12.3. The van der Waals surface area contributed by atoms with Gasteiger partial charge in [-0.2, -0.15) is 0 Å². The third-order valence-electron chi connectivity index (χ3n) is 3.77. The van der Waals surface area contributed by atoms with Crippen LogP contribution in [0.5, 0.6) is 5.75 Å². The average molecular weight is 360 g/mol. The molecule has 1 aromatic carbocycles. The van der Waals surface area contributed by atoms with Crippen molar-refractivity contribution in [1.82, 2.24) is 5.32 Å². The van der Waals surface area contributed by atoms with E-state index in [1.54, 1.807) is 26.8 Å². The molecule has 8 heteroatoms. The molecule has 25 heavy (non-hydrogen) atoms. The standard InChI is InChI=1S/C17H23F3N2O3/c1-16(2,3)15(23)24-14-11(7-8-21-14)10-22-12-5-4-6-13(9-12)25-17(18,19)20/h4-6,9,11,14,21-22H,7-8,10H2,1-3H3/t11-,14?/m0/s1. The van der Waals surface area contributed by atoms with Crippen molar-refractivity contribution in [3.63, 3.8) is 0 Å². The molecule has 1 aliphatic heterocycles. The maximum Gasteiger partial charge on any atom is 0.573 e. The van der Waals surface area contributed by atoms with E-state index in [0.29, 0.717) is 18.8 Å². The molecule has 2 atom stereocenters. The zero-order valence-electron chi connectivity index (χ0n) is 14.4. The third kappa shape index (κ3) is 6.12. The van der Waals surface area contributed by atoms with E-state index < -0.39 is 18.0 Å². The Labute approximate surface area is 144 Å². The highest BCUT2D eigenvalue weighted by Gasteiger charge is 2.34. The minimum atomic E-state index is -4.72. The fourth-order valence-electron chi connectivity index (χ4n) is 2.42. The van der Waals surface area contributed by atoms with E-state index in [9.17, 15) is 18.0 Å². The molecule has 1 unspecified atom stereocenters. The van der Waals surface area contributed by atoms with Gasteiger partial charge >= 0.3 is 12.3 Å². The van der Waals surface area contributed by atoms with E-state index >= 15 is 0 Å². The van der Waals surface area contributed by atoms with E-state index in [0.717, 1.165) is 6.42 Å². The minimum absolute atomic E-state index is 0.0264. The SMILES string of the molecule is CC(C)(C)C(=O)OC1NCC[C@H]1CNc1cccc(OC(F)(F)F)c1. The summed E-state index contributed by atoms with van der Waals surface area (Å²) in [4.78, 5) is 12.0. The quantitative estimate of drug-likeness (QED) is 0.787. The van der Waals surface area contributed by atoms with E-state index in [1.165, 1.54) is 18.2 Å². The minimum Gasteiger partial charge on any atom is -0.446 e. The summed E-state index contributed by atoms with van der Waals surface area (Å²) < 4.78 is 46.2. The van der Waals surface area contributed by atoms with Gasteiger partial charge < -0.3 is 14.8 Å². The number of carbonyl (C=O) groups is 1. The summed E-state index contributed by atoms with van der Waals surface area (Å²) >= 11 is 0. The first-order valence-electron chi connectivity index (χ1n) is 8.09. The number of esters is 1. The highest BCUT2D eigenvalue weighted by molar-refractivity contribution is 5.75. The van der Waals surface area contributed by atoms with Crippen molar-refractivity contribution in [2.24, 2.45) is 11.3 Å². The second-order valence-electron chi connectivity index (χ2n) is 7.04. The molecule has 140 valence electrons. The topological polar surface area (TPSA) is 59.6 Å². The average Bonchev–Trinajstić information content (AvgIpc) is 2.90. The van der Waals surface area contributed by atoms with Gasteiger partial charge in [0.15, 0.2) is 6.23 Å². The second-order valence-corrected chi connectivity index (χ2v) is 7.04. The molecule has 1 aliphatic rings. The largest absolute Gasteiger partial charge is 0.573 e. The molecule has 0 aliphatic carbocycles. The molecule has 2 rings (SSSR count). The van der Waals surface area contributed by atoms with E-state index in [2.05, 4.69) is 15.4 Å². The van der Waals surface area contributed by atoms with E-state index in [4.69, 9.17) is 4.74 Å². The number of nitrogens with one attached hydrogen (secondary N) is 2. The number of alkyl halides is 3. The van der Waals surface area contributed by atoms with Crippen LogP contribution in [0.4, 0.5) is 18.9 Å².